The van der Waals surface area contributed by atoms with Gasteiger partial charge in [0.2, 0.25) is 0 Å². The number of carboxylic acid groups (broad SMARTS) is 1. The van der Waals surface area contributed by atoms with E-state index in [1.807, 2.05) is 6.92 Å². The number of hydrogen-bond acceptors (Lipinski definition) is 3. The maximum Gasteiger partial charge on any atom is 0.303 e. The minimum Gasteiger partial charge on any atom is -0.481 e. The van der Waals surface area contributed by atoms with Crippen LogP contribution in [0.2, 0.25) is 0 Å². The molecule has 0 aromatic heterocycles. The van der Waals surface area contributed by atoms with E-state index in [2.05, 4.69) is 0 Å². The summed E-state index contributed by atoms with van der Waals surface area (Å²) in [4.78, 5) is 10.1. The van der Waals surface area contributed by atoms with Crippen LogP contribution < -0.4 is 0 Å². The van der Waals surface area contributed by atoms with Crippen LogP contribution in [0.5, 0.6) is 0 Å². The molecule has 0 spiro atoms. The zero-order chi connectivity index (χ0) is 9.56. The van der Waals surface area contributed by atoms with E-state index in [4.69, 9.17) is 10.2 Å². The lowest BCUT2D eigenvalue weighted by Gasteiger charge is -2.12. The number of aliphatic hydroxyl groups is 1. The molecule has 0 saturated heterocycles. The summed E-state index contributed by atoms with van der Waals surface area (Å²) in [6, 6.07) is 0. The summed E-state index contributed by atoms with van der Waals surface area (Å²) in [5.74, 6) is 0.0542. The monoisotopic (exact) mass is 192 g/mol. The van der Waals surface area contributed by atoms with E-state index in [0.29, 0.717) is 6.42 Å². The highest BCUT2D eigenvalue weighted by atomic mass is 32.2. The maximum absolute atomic E-state index is 10.1. The Morgan fingerprint density at radius 1 is 1.50 bits per heavy atom. The first-order valence-electron chi connectivity index (χ1n) is 4.05. The van der Waals surface area contributed by atoms with E-state index in [1.165, 1.54) is 0 Å². The van der Waals surface area contributed by atoms with Crippen molar-refractivity contribution in [1.82, 2.24) is 0 Å². The van der Waals surface area contributed by atoms with Crippen molar-refractivity contribution in [2.24, 2.45) is 0 Å². The van der Waals surface area contributed by atoms with E-state index < -0.39 is 5.97 Å². The molecule has 0 aliphatic carbocycles. The van der Waals surface area contributed by atoms with Gasteiger partial charge in [-0.2, -0.15) is 11.8 Å². The van der Waals surface area contributed by atoms with Crippen molar-refractivity contribution < 1.29 is 15.0 Å². The van der Waals surface area contributed by atoms with Gasteiger partial charge in [0, 0.05) is 11.7 Å². The largest absolute Gasteiger partial charge is 0.481 e. The molecule has 12 heavy (non-hydrogen) atoms. The van der Waals surface area contributed by atoms with Gasteiger partial charge in [-0.15, -0.1) is 0 Å². The number of hydrogen-bond donors (Lipinski definition) is 2. The fourth-order valence-electron chi connectivity index (χ4n) is 0.632. The molecule has 72 valence electrons. The van der Waals surface area contributed by atoms with Crippen LogP contribution in [-0.4, -0.2) is 33.3 Å². The Hall–Kier alpha value is -0.220. The molecule has 0 aromatic carbocycles. The van der Waals surface area contributed by atoms with Crippen molar-refractivity contribution in [3.8, 4) is 0 Å². The first-order chi connectivity index (χ1) is 5.54. The van der Waals surface area contributed by atoms with Crippen LogP contribution in [0.15, 0.2) is 0 Å². The summed E-state index contributed by atoms with van der Waals surface area (Å²) in [7, 11) is 0. The lowest BCUT2D eigenvalue weighted by atomic mass is 10.3. The van der Waals surface area contributed by atoms with E-state index in [9.17, 15) is 4.79 Å². The molecule has 2 unspecified atom stereocenters. The van der Waals surface area contributed by atoms with Crippen LogP contribution in [-0.2, 0) is 4.79 Å². The first-order valence-corrected chi connectivity index (χ1v) is 5.10. The standard InChI is InChI=1S/C8H16O3S/c1-6(9)7(2)12-5-3-4-8(10)11/h6-7,9H,3-5H2,1-2H3,(H,10,11). The Kier molecular flexibility index (Phi) is 6.20. The zero-order valence-electron chi connectivity index (χ0n) is 7.49. The van der Waals surface area contributed by atoms with E-state index in [-0.39, 0.29) is 17.8 Å². The minimum atomic E-state index is -0.750. The lowest BCUT2D eigenvalue weighted by molar-refractivity contribution is -0.137. The molecule has 2 N–H and O–H groups in total. The van der Waals surface area contributed by atoms with Gasteiger partial charge < -0.3 is 10.2 Å². The third-order valence-electron chi connectivity index (χ3n) is 1.60. The number of rotatable bonds is 6. The van der Waals surface area contributed by atoms with E-state index in [1.54, 1.807) is 18.7 Å². The van der Waals surface area contributed by atoms with Crippen LogP contribution in [0.4, 0.5) is 0 Å². The predicted molar refractivity (Wildman–Crippen MR) is 50.5 cm³/mol. The van der Waals surface area contributed by atoms with Crippen molar-refractivity contribution in [3.63, 3.8) is 0 Å². The summed E-state index contributed by atoms with van der Waals surface area (Å²) in [6.45, 7) is 3.69. The molecular weight excluding hydrogens is 176 g/mol. The van der Waals surface area contributed by atoms with Gasteiger partial charge in [-0.05, 0) is 19.1 Å². The molecule has 3 nitrogen and oxygen atoms in total. The molecule has 0 saturated carbocycles. The Morgan fingerprint density at radius 3 is 2.50 bits per heavy atom. The van der Waals surface area contributed by atoms with E-state index >= 15 is 0 Å². The summed E-state index contributed by atoms with van der Waals surface area (Å²) >= 11 is 1.61. The second-order valence-electron chi connectivity index (χ2n) is 2.81. The summed E-state index contributed by atoms with van der Waals surface area (Å²) in [5, 5.41) is 17.6. The molecule has 4 heteroatoms. The Balaban J connectivity index is 3.25. The first kappa shape index (κ1) is 11.8. The molecule has 0 aliphatic rings. The highest BCUT2D eigenvalue weighted by Gasteiger charge is 2.08. The topological polar surface area (TPSA) is 57.5 Å². The van der Waals surface area contributed by atoms with Gasteiger partial charge >= 0.3 is 5.97 Å². The van der Waals surface area contributed by atoms with Gasteiger partial charge in [0.25, 0.3) is 0 Å². The van der Waals surface area contributed by atoms with Crippen molar-refractivity contribution >= 4 is 17.7 Å². The second kappa shape index (κ2) is 6.31. The molecule has 0 aromatic rings. The third-order valence-corrected chi connectivity index (χ3v) is 3.04. The molecule has 0 rings (SSSR count). The maximum atomic E-state index is 10.1. The lowest BCUT2D eigenvalue weighted by Crippen LogP contribution is -2.15. The van der Waals surface area contributed by atoms with Gasteiger partial charge in [-0.25, -0.2) is 0 Å². The van der Waals surface area contributed by atoms with Crippen LogP contribution >= 0.6 is 11.8 Å². The molecule has 0 radical (unpaired) electrons. The molecule has 0 aliphatic heterocycles. The number of aliphatic carboxylic acids is 1. The van der Waals surface area contributed by atoms with Crippen LogP contribution in [0.25, 0.3) is 0 Å². The highest BCUT2D eigenvalue weighted by molar-refractivity contribution is 7.99. The molecule has 0 heterocycles. The Labute approximate surface area is 77.2 Å². The molecule has 0 fully saturated rings. The molecular formula is C8H16O3S. The highest BCUT2D eigenvalue weighted by Crippen LogP contribution is 2.15. The Morgan fingerprint density at radius 2 is 2.08 bits per heavy atom. The summed E-state index contributed by atoms with van der Waals surface area (Å²) < 4.78 is 0. The fraction of sp³-hybridized carbons (Fsp3) is 0.875. The normalized spacial score (nSPS) is 15.6. The summed E-state index contributed by atoms with van der Waals surface area (Å²) in [5.41, 5.74) is 0. The third kappa shape index (κ3) is 6.49. The van der Waals surface area contributed by atoms with Crippen LogP contribution in [0.3, 0.4) is 0 Å². The smallest absolute Gasteiger partial charge is 0.303 e. The minimum absolute atomic E-state index is 0.193. The molecule has 0 bridgehead atoms. The van der Waals surface area contributed by atoms with Crippen molar-refractivity contribution in [2.45, 2.75) is 38.0 Å². The quantitative estimate of drug-likeness (QED) is 0.624. The van der Waals surface area contributed by atoms with Gasteiger partial charge in [0.05, 0.1) is 6.10 Å². The second-order valence-corrected chi connectivity index (χ2v) is 4.30. The van der Waals surface area contributed by atoms with Gasteiger partial charge in [0.15, 0.2) is 0 Å². The van der Waals surface area contributed by atoms with Gasteiger partial charge in [0.1, 0.15) is 0 Å². The average Bonchev–Trinajstić information content (AvgIpc) is 1.97. The zero-order valence-corrected chi connectivity index (χ0v) is 8.30. The summed E-state index contributed by atoms with van der Waals surface area (Å²) in [6.07, 6.45) is 0.580. The van der Waals surface area contributed by atoms with Gasteiger partial charge in [-0.1, -0.05) is 6.92 Å². The van der Waals surface area contributed by atoms with Crippen molar-refractivity contribution in [1.29, 1.82) is 0 Å². The number of thioether (sulfide) groups is 1. The Bertz CT molecular complexity index is 136. The molecule has 2 atom stereocenters. The fourth-order valence-corrected chi connectivity index (χ4v) is 1.59. The number of carboxylic acids is 1. The van der Waals surface area contributed by atoms with Crippen LogP contribution in [0.1, 0.15) is 26.7 Å². The van der Waals surface area contributed by atoms with Crippen molar-refractivity contribution in [3.05, 3.63) is 0 Å². The number of carbonyl (C=O) groups is 1. The predicted octanol–water partition coefficient (Wildman–Crippen LogP) is 1.35. The number of aliphatic hydroxyl groups excluding tert-OH is 1. The van der Waals surface area contributed by atoms with E-state index in [0.717, 1.165) is 5.75 Å². The average molecular weight is 192 g/mol. The van der Waals surface area contributed by atoms with Crippen molar-refractivity contribution in [2.75, 3.05) is 5.75 Å². The SMILES string of the molecule is CC(O)C(C)SCCCC(=O)O. The van der Waals surface area contributed by atoms with Crippen LogP contribution in [0, 0.1) is 0 Å². The van der Waals surface area contributed by atoms with Gasteiger partial charge in [-0.3, -0.25) is 4.79 Å². The molecule has 0 amide bonds.